The number of hydrogen-bond donors (Lipinski definition) is 1. The van der Waals surface area contributed by atoms with Crippen LogP contribution in [0.25, 0.3) is 0 Å². The average Bonchev–Trinajstić information content (AvgIpc) is 2.41. The summed E-state index contributed by atoms with van der Waals surface area (Å²) in [6, 6.07) is 7.52. The molecule has 0 saturated heterocycles. The van der Waals surface area contributed by atoms with Crippen molar-refractivity contribution < 1.29 is 22.4 Å². The van der Waals surface area contributed by atoms with Crippen LogP contribution in [0, 0.1) is 5.82 Å². The second-order valence-corrected chi connectivity index (χ2v) is 4.53. The number of benzene rings is 2. The number of halogens is 5. The van der Waals surface area contributed by atoms with Gasteiger partial charge >= 0.3 is 6.18 Å². The Morgan fingerprint density at radius 3 is 2.38 bits per heavy atom. The normalized spacial score (nSPS) is 11.3. The molecule has 2 aromatic carbocycles. The van der Waals surface area contributed by atoms with Crippen molar-refractivity contribution in [2.75, 3.05) is 5.32 Å². The van der Waals surface area contributed by atoms with Gasteiger partial charge in [-0.2, -0.15) is 13.2 Å². The first-order valence-corrected chi connectivity index (χ1v) is 6.09. The summed E-state index contributed by atoms with van der Waals surface area (Å²) in [6.07, 6.45) is -4.65. The van der Waals surface area contributed by atoms with E-state index in [1.54, 1.807) is 0 Å². The van der Waals surface area contributed by atoms with Crippen LogP contribution in [0.15, 0.2) is 42.5 Å². The van der Waals surface area contributed by atoms with Crippen molar-refractivity contribution in [3.05, 3.63) is 64.4 Å². The molecule has 2 rings (SSSR count). The Kier molecular flexibility index (Phi) is 4.18. The lowest BCUT2D eigenvalue weighted by Gasteiger charge is -2.13. The van der Waals surface area contributed by atoms with Gasteiger partial charge in [0, 0.05) is 0 Å². The van der Waals surface area contributed by atoms with E-state index >= 15 is 0 Å². The molecular formula is C14H8ClF4NO. The van der Waals surface area contributed by atoms with E-state index in [1.165, 1.54) is 18.2 Å². The Morgan fingerprint density at radius 2 is 1.76 bits per heavy atom. The molecule has 0 unspecified atom stereocenters. The molecule has 0 aliphatic carbocycles. The topological polar surface area (TPSA) is 29.1 Å². The van der Waals surface area contributed by atoms with Gasteiger partial charge in [-0.25, -0.2) is 4.39 Å². The predicted molar refractivity (Wildman–Crippen MR) is 70.8 cm³/mol. The van der Waals surface area contributed by atoms with Crippen LogP contribution in [-0.2, 0) is 6.18 Å². The summed E-state index contributed by atoms with van der Waals surface area (Å²) in [5.74, 6) is -1.59. The van der Waals surface area contributed by atoms with E-state index in [0.717, 1.165) is 24.3 Å². The Labute approximate surface area is 122 Å². The van der Waals surface area contributed by atoms with Crippen molar-refractivity contribution in [1.29, 1.82) is 0 Å². The summed E-state index contributed by atoms with van der Waals surface area (Å²) >= 11 is 5.71. The molecule has 0 heterocycles. The minimum Gasteiger partial charge on any atom is -0.321 e. The van der Waals surface area contributed by atoms with Crippen molar-refractivity contribution >= 4 is 23.2 Å². The van der Waals surface area contributed by atoms with Gasteiger partial charge in [0.05, 0.1) is 21.8 Å². The number of alkyl halides is 3. The third-order valence-electron chi connectivity index (χ3n) is 2.66. The lowest BCUT2D eigenvalue weighted by molar-refractivity contribution is -0.137. The summed E-state index contributed by atoms with van der Waals surface area (Å²) in [5, 5.41) is 2.12. The van der Waals surface area contributed by atoms with E-state index in [9.17, 15) is 22.4 Å². The van der Waals surface area contributed by atoms with Gasteiger partial charge in [-0.05, 0) is 30.3 Å². The number of hydrogen-bond acceptors (Lipinski definition) is 1. The molecule has 0 aliphatic rings. The van der Waals surface area contributed by atoms with E-state index < -0.39 is 29.0 Å². The zero-order chi connectivity index (χ0) is 15.6. The SMILES string of the molecule is O=C(Nc1ccc(F)cc1Cl)c1ccccc1C(F)(F)F. The van der Waals surface area contributed by atoms with Gasteiger partial charge < -0.3 is 5.32 Å². The van der Waals surface area contributed by atoms with Crippen molar-refractivity contribution in [3.63, 3.8) is 0 Å². The third-order valence-corrected chi connectivity index (χ3v) is 2.97. The van der Waals surface area contributed by atoms with Crippen LogP contribution in [0.2, 0.25) is 5.02 Å². The molecule has 0 fully saturated rings. The molecule has 0 spiro atoms. The van der Waals surface area contributed by atoms with Crippen LogP contribution in [0.5, 0.6) is 0 Å². The van der Waals surface area contributed by atoms with Crippen LogP contribution in [0.1, 0.15) is 15.9 Å². The van der Waals surface area contributed by atoms with E-state index in [-0.39, 0.29) is 10.7 Å². The van der Waals surface area contributed by atoms with E-state index in [1.807, 2.05) is 0 Å². The predicted octanol–water partition coefficient (Wildman–Crippen LogP) is 4.75. The van der Waals surface area contributed by atoms with E-state index in [0.29, 0.717) is 0 Å². The highest BCUT2D eigenvalue weighted by atomic mass is 35.5. The molecule has 7 heteroatoms. The summed E-state index contributed by atoms with van der Waals surface area (Å²) in [6.45, 7) is 0. The minimum absolute atomic E-state index is 0.0278. The molecule has 2 aromatic rings. The number of carbonyl (C=O) groups is 1. The highest BCUT2D eigenvalue weighted by molar-refractivity contribution is 6.33. The molecule has 1 N–H and O–H groups in total. The molecule has 0 aliphatic heterocycles. The number of nitrogens with one attached hydrogen (secondary N) is 1. The molecule has 0 atom stereocenters. The number of carbonyl (C=O) groups excluding carboxylic acids is 1. The van der Waals surface area contributed by atoms with Crippen molar-refractivity contribution in [3.8, 4) is 0 Å². The fourth-order valence-electron chi connectivity index (χ4n) is 1.71. The fourth-order valence-corrected chi connectivity index (χ4v) is 1.92. The van der Waals surface area contributed by atoms with Crippen LogP contribution < -0.4 is 5.32 Å². The zero-order valence-electron chi connectivity index (χ0n) is 10.3. The molecule has 0 radical (unpaired) electrons. The summed E-state index contributed by atoms with van der Waals surface area (Å²) in [4.78, 5) is 12.0. The van der Waals surface area contributed by atoms with Crippen molar-refractivity contribution in [1.82, 2.24) is 0 Å². The Bertz CT molecular complexity index is 685. The van der Waals surface area contributed by atoms with Gasteiger partial charge in [-0.15, -0.1) is 0 Å². The Morgan fingerprint density at radius 1 is 1.10 bits per heavy atom. The first-order chi connectivity index (χ1) is 9.79. The maximum Gasteiger partial charge on any atom is 0.417 e. The van der Waals surface area contributed by atoms with Gasteiger partial charge in [-0.1, -0.05) is 23.7 Å². The van der Waals surface area contributed by atoms with Crippen LogP contribution >= 0.6 is 11.6 Å². The number of rotatable bonds is 2. The van der Waals surface area contributed by atoms with Crippen LogP contribution in [0.3, 0.4) is 0 Å². The third kappa shape index (κ3) is 3.52. The first-order valence-electron chi connectivity index (χ1n) is 5.71. The van der Waals surface area contributed by atoms with Gasteiger partial charge in [0.25, 0.3) is 5.91 Å². The van der Waals surface area contributed by atoms with Crippen molar-refractivity contribution in [2.45, 2.75) is 6.18 Å². The highest BCUT2D eigenvalue weighted by Gasteiger charge is 2.34. The van der Waals surface area contributed by atoms with E-state index in [4.69, 9.17) is 11.6 Å². The quantitative estimate of drug-likeness (QED) is 0.796. The van der Waals surface area contributed by atoms with Crippen molar-refractivity contribution in [2.24, 2.45) is 0 Å². The molecule has 0 saturated carbocycles. The lowest BCUT2D eigenvalue weighted by Crippen LogP contribution is -2.18. The molecule has 0 aromatic heterocycles. The fraction of sp³-hybridized carbons (Fsp3) is 0.0714. The number of amides is 1. The first kappa shape index (κ1) is 15.3. The molecule has 21 heavy (non-hydrogen) atoms. The molecule has 2 nitrogen and oxygen atoms in total. The standard InChI is InChI=1S/C14H8ClF4NO/c15-11-7-8(16)5-6-12(11)20-13(21)9-3-1-2-4-10(9)14(17,18)19/h1-7H,(H,20,21). The highest BCUT2D eigenvalue weighted by Crippen LogP contribution is 2.32. The smallest absolute Gasteiger partial charge is 0.321 e. The van der Waals surface area contributed by atoms with E-state index in [2.05, 4.69) is 5.32 Å². The average molecular weight is 318 g/mol. The lowest BCUT2D eigenvalue weighted by atomic mass is 10.1. The monoisotopic (exact) mass is 317 g/mol. The Balaban J connectivity index is 2.33. The number of anilines is 1. The van der Waals surface area contributed by atoms with Gasteiger partial charge in [0.1, 0.15) is 5.82 Å². The van der Waals surface area contributed by atoms with Crippen LogP contribution in [-0.4, -0.2) is 5.91 Å². The second kappa shape index (κ2) is 5.73. The van der Waals surface area contributed by atoms with Gasteiger partial charge in [0.15, 0.2) is 0 Å². The summed E-state index contributed by atoms with van der Waals surface area (Å²) in [7, 11) is 0. The maximum atomic E-state index is 12.9. The molecular weight excluding hydrogens is 310 g/mol. The summed E-state index contributed by atoms with van der Waals surface area (Å²) in [5.41, 5.74) is -1.56. The Hall–Kier alpha value is -2.08. The molecule has 110 valence electrons. The minimum atomic E-state index is -4.65. The zero-order valence-corrected chi connectivity index (χ0v) is 11.1. The molecule has 0 bridgehead atoms. The largest absolute Gasteiger partial charge is 0.417 e. The molecule has 1 amide bonds. The summed E-state index contributed by atoms with van der Waals surface area (Å²) < 4.78 is 51.4. The van der Waals surface area contributed by atoms with Gasteiger partial charge in [-0.3, -0.25) is 4.79 Å². The van der Waals surface area contributed by atoms with Gasteiger partial charge in [0.2, 0.25) is 0 Å². The van der Waals surface area contributed by atoms with Crippen LogP contribution in [0.4, 0.5) is 23.2 Å². The second-order valence-electron chi connectivity index (χ2n) is 4.12. The maximum absolute atomic E-state index is 12.9.